The number of hydrogen-bond acceptors (Lipinski definition) is 2. The van der Waals surface area contributed by atoms with Gasteiger partial charge in [-0.2, -0.15) is 0 Å². The largest absolute Gasteiger partial charge is 0.359 e. The molecular formula is C15H17F3N2O2. The predicted octanol–water partition coefficient (Wildman–Crippen LogP) is 2.14. The number of carbonyl (C=O) groups is 2. The van der Waals surface area contributed by atoms with Gasteiger partial charge in [-0.25, -0.2) is 13.2 Å². The van der Waals surface area contributed by atoms with Crippen molar-refractivity contribution in [2.75, 3.05) is 7.05 Å². The van der Waals surface area contributed by atoms with Crippen molar-refractivity contribution >= 4 is 11.8 Å². The molecule has 1 aliphatic rings. The van der Waals surface area contributed by atoms with Gasteiger partial charge in [0.1, 0.15) is 11.4 Å². The van der Waals surface area contributed by atoms with Gasteiger partial charge in [0.15, 0.2) is 11.6 Å². The summed E-state index contributed by atoms with van der Waals surface area (Å²) in [4.78, 5) is 23.9. The summed E-state index contributed by atoms with van der Waals surface area (Å²) >= 11 is 0. The van der Waals surface area contributed by atoms with Gasteiger partial charge in [-0.3, -0.25) is 9.59 Å². The summed E-state index contributed by atoms with van der Waals surface area (Å²) in [6.45, 7) is 0. The van der Waals surface area contributed by atoms with Crippen LogP contribution < -0.4 is 10.6 Å². The molecule has 4 nitrogen and oxygen atoms in total. The third-order valence-corrected chi connectivity index (χ3v) is 3.94. The van der Waals surface area contributed by atoms with E-state index >= 15 is 0 Å². The number of amides is 2. The summed E-state index contributed by atoms with van der Waals surface area (Å²) in [5.74, 6) is -5.69. The van der Waals surface area contributed by atoms with E-state index in [1.165, 1.54) is 7.05 Å². The van der Waals surface area contributed by atoms with Crippen LogP contribution in [0.3, 0.4) is 0 Å². The number of benzene rings is 1. The van der Waals surface area contributed by atoms with Crippen LogP contribution in [0.1, 0.15) is 36.0 Å². The normalized spacial score (nSPS) is 21.3. The lowest BCUT2D eigenvalue weighted by Crippen LogP contribution is -2.48. The first-order valence-corrected chi connectivity index (χ1v) is 7.11. The Balaban J connectivity index is 2.20. The number of halogens is 3. The smallest absolute Gasteiger partial charge is 0.257 e. The molecule has 1 aliphatic carbocycles. The lowest BCUT2D eigenvalue weighted by molar-refractivity contribution is -0.126. The third-order valence-electron chi connectivity index (χ3n) is 3.94. The first-order chi connectivity index (χ1) is 10.5. The van der Waals surface area contributed by atoms with Crippen LogP contribution in [-0.2, 0) is 4.79 Å². The molecule has 0 spiro atoms. The van der Waals surface area contributed by atoms with Gasteiger partial charge in [0.2, 0.25) is 5.91 Å². The minimum absolute atomic E-state index is 0.231. The van der Waals surface area contributed by atoms with Gasteiger partial charge in [0, 0.05) is 13.1 Å². The maximum atomic E-state index is 13.6. The molecule has 2 rings (SSSR count). The van der Waals surface area contributed by atoms with Gasteiger partial charge < -0.3 is 10.6 Å². The van der Waals surface area contributed by atoms with E-state index in [4.69, 9.17) is 0 Å². The van der Waals surface area contributed by atoms with Gasteiger partial charge in [-0.15, -0.1) is 0 Å². The Kier molecular flexibility index (Phi) is 5.05. The van der Waals surface area contributed by atoms with Crippen molar-refractivity contribution in [3.63, 3.8) is 0 Å². The minimum Gasteiger partial charge on any atom is -0.359 e. The van der Waals surface area contributed by atoms with Gasteiger partial charge >= 0.3 is 0 Å². The quantitative estimate of drug-likeness (QED) is 0.840. The van der Waals surface area contributed by atoms with Crippen molar-refractivity contribution in [1.29, 1.82) is 0 Å². The highest BCUT2D eigenvalue weighted by Gasteiger charge is 2.33. The monoisotopic (exact) mass is 314 g/mol. The van der Waals surface area contributed by atoms with Crippen molar-refractivity contribution in [3.8, 4) is 0 Å². The average molecular weight is 314 g/mol. The van der Waals surface area contributed by atoms with Crippen LogP contribution in [0.5, 0.6) is 0 Å². The molecular weight excluding hydrogens is 297 g/mol. The van der Waals surface area contributed by atoms with Gasteiger partial charge in [-0.1, -0.05) is 12.8 Å². The number of carbonyl (C=O) groups excluding carboxylic acids is 2. The SMILES string of the molecule is CNC(=O)[C@H]1CCCC[C@@H]1NC(=O)c1c(F)ccc(F)c1F. The van der Waals surface area contributed by atoms with Crippen molar-refractivity contribution in [2.45, 2.75) is 31.7 Å². The summed E-state index contributed by atoms with van der Waals surface area (Å²) < 4.78 is 40.4. The molecule has 1 saturated carbocycles. The van der Waals surface area contributed by atoms with Crippen LogP contribution in [-0.4, -0.2) is 24.9 Å². The van der Waals surface area contributed by atoms with E-state index < -0.39 is 40.9 Å². The summed E-state index contributed by atoms with van der Waals surface area (Å²) in [6, 6.07) is 0.795. The zero-order chi connectivity index (χ0) is 16.3. The fourth-order valence-electron chi connectivity index (χ4n) is 2.78. The third kappa shape index (κ3) is 3.23. The summed E-state index contributed by atoms with van der Waals surface area (Å²) in [5, 5.41) is 4.97. The molecule has 22 heavy (non-hydrogen) atoms. The number of nitrogens with one attached hydrogen (secondary N) is 2. The fraction of sp³-hybridized carbons (Fsp3) is 0.467. The van der Waals surface area contributed by atoms with E-state index in [2.05, 4.69) is 10.6 Å². The lowest BCUT2D eigenvalue weighted by Gasteiger charge is -2.30. The van der Waals surface area contributed by atoms with Gasteiger partial charge in [-0.05, 0) is 25.0 Å². The highest BCUT2D eigenvalue weighted by atomic mass is 19.2. The molecule has 0 aliphatic heterocycles. The maximum absolute atomic E-state index is 13.6. The van der Waals surface area contributed by atoms with Crippen LogP contribution in [0, 0.1) is 23.4 Å². The first-order valence-electron chi connectivity index (χ1n) is 7.11. The lowest BCUT2D eigenvalue weighted by atomic mass is 9.83. The Morgan fingerprint density at radius 2 is 1.73 bits per heavy atom. The molecule has 2 atom stereocenters. The zero-order valence-corrected chi connectivity index (χ0v) is 12.1. The van der Waals surface area contributed by atoms with E-state index in [9.17, 15) is 22.8 Å². The van der Waals surface area contributed by atoms with Gasteiger partial charge in [0.25, 0.3) is 5.91 Å². The summed E-state index contributed by atoms with van der Waals surface area (Å²) in [5.41, 5.74) is -0.957. The molecule has 0 bridgehead atoms. The van der Waals surface area contributed by atoms with Crippen LogP contribution in [0.25, 0.3) is 0 Å². The van der Waals surface area contributed by atoms with E-state index in [1.54, 1.807) is 0 Å². The van der Waals surface area contributed by atoms with Crippen LogP contribution in [0.15, 0.2) is 12.1 Å². The van der Waals surface area contributed by atoms with E-state index in [0.29, 0.717) is 25.0 Å². The molecule has 2 amide bonds. The Morgan fingerprint density at radius 1 is 1.09 bits per heavy atom. The Hall–Kier alpha value is -2.05. The van der Waals surface area contributed by atoms with Crippen molar-refractivity contribution in [1.82, 2.24) is 10.6 Å². The summed E-state index contributed by atoms with van der Waals surface area (Å²) in [6.07, 6.45) is 2.75. The second-order valence-electron chi connectivity index (χ2n) is 5.30. The van der Waals surface area contributed by atoms with Crippen molar-refractivity contribution < 1.29 is 22.8 Å². The topological polar surface area (TPSA) is 58.2 Å². The summed E-state index contributed by atoms with van der Waals surface area (Å²) in [7, 11) is 1.49. The Labute approximate surface area is 126 Å². The van der Waals surface area contributed by atoms with Crippen LogP contribution in [0.4, 0.5) is 13.2 Å². The molecule has 120 valence electrons. The van der Waals surface area contributed by atoms with E-state index in [-0.39, 0.29) is 5.91 Å². The second-order valence-corrected chi connectivity index (χ2v) is 5.30. The number of rotatable bonds is 3. The number of hydrogen-bond donors (Lipinski definition) is 2. The van der Waals surface area contributed by atoms with Crippen LogP contribution >= 0.6 is 0 Å². The zero-order valence-electron chi connectivity index (χ0n) is 12.1. The molecule has 2 N–H and O–H groups in total. The van der Waals surface area contributed by atoms with Crippen molar-refractivity contribution in [3.05, 3.63) is 35.1 Å². The van der Waals surface area contributed by atoms with Crippen LogP contribution in [0.2, 0.25) is 0 Å². The minimum atomic E-state index is -1.52. The van der Waals surface area contributed by atoms with Gasteiger partial charge in [0.05, 0.1) is 5.92 Å². The fourth-order valence-corrected chi connectivity index (χ4v) is 2.78. The van der Waals surface area contributed by atoms with E-state index in [1.807, 2.05) is 0 Å². The van der Waals surface area contributed by atoms with Crippen molar-refractivity contribution in [2.24, 2.45) is 5.92 Å². The maximum Gasteiger partial charge on any atom is 0.257 e. The molecule has 0 heterocycles. The molecule has 0 saturated heterocycles. The molecule has 1 aromatic rings. The first kappa shape index (κ1) is 16.3. The highest BCUT2D eigenvalue weighted by Crippen LogP contribution is 2.25. The molecule has 0 aromatic heterocycles. The highest BCUT2D eigenvalue weighted by molar-refractivity contribution is 5.95. The second kappa shape index (κ2) is 6.81. The Morgan fingerprint density at radius 3 is 2.41 bits per heavy atom. The molecule has 0 radical (unpaired) electrons. The predicted molar refractivity (Wildman–Crippen MR) is 73.6 cm³/mol. The Bertz CT molecular complexity index is 592. The molecule has 7 heteroatoms. The standard InChI is InChI=1S/C15H17F3N2O2/c1-19-14(21)8-4-2-3-5-11(8)20-15(22)12-9(16)6-7-10(17)13(12)18/h6-8,11H,2-5H2,1H3,(H,19,21)(H,20,22)/t8-,11-/m0/s1. The average Bonchev–Trinajstić information content (AvgIpc) is 2.51. The molecule has 1 aromatic carbocycles. The molecule has 1 fully saturated rings. The molecule has 0 unspecified atom stereocenters. The van der Waals surface area contributed by atoms with E-state index in [0.717, 1.165) is 12.8 Å².